The Morgan fingerprint density at radius 3 is 2.29 bits per heavy atom. The van der Waals surface area contributed by atoms with Gasteiger partial charge in [-0.25, -0.2) is 8.42 Å². The summed E-state index contributed by atoms with van der Waals surface area (Å²) in [6.07, 6.45) is -4.44. The molecule has 0 bridgehead atoms. The summed E-state index contributed by atoms with van der Waals surface area (Å²) in [4.78, 5) is 12.3. The molecular weight excluding hydrogens is 469 g/mol. The van der Waals surface area contributed by atoms with Gasteiger partial charge < -0.3 is 10.4 Å². The Morgan fingerprint density at radius 2 is 1.65 bits per heavy atom. The van der Waals surface area contributed by atoms with Gasteiger partial charge in [-0.05, 0) is 53.6 Å². The first-order chi connectivity index (χ1) is 16.0. The molecule has 0 saturated carbocycles. The molecule has 1 amide bonds. The van der Waals surface area contributed by atoms with E-state index in [-0.39, 0.29) is 23.4 Å². The number of hydrogen-bond donors (Lipinski definition) is 3. The lowest BCUT2D eigenvalue weighted by atomic mass is 10.1. The number of carbonyl (C=O) groups excluding carboxylic acids is 1. The zero-order valence-electron chi connectivity index (χ0n) is 17.7. The van der Waals surface area contributed by atoms with E-state index in [4.69, 9.17) is 0 Å². The summed E-state index contributed by atoms with van der Waals surface area (Å²) in [7, 11) is -3.78. The summed E-state index contributed by atoms with van der Waals surface area (Å²) < 4.78 is 65.3. The highest BCUT2D eigenvalue weighted by molar-refractivity contribution is 7.95. The molecule has 0 aliphatic heterocycles. The molecule has 6 nitrogen and oxygen atoms in total. The number of anilines is 1. The molecule has 0 heterocycles. The Kier molecular flexibility index (Phi) is 7.75. The van der Waals surface area contributed by atoms with Crippen molar-refractivity contribution in [3.05, 3.63) is 107 Å². The highest BCUT2D eigenvalue weighted by atomic mass is 32.2. The molecule has 3 N–H and O–H groups in total. The number of rotatable bonds is 8. The molecule has 0 saturated heterocycles. The van der Waals surface area contributed by atoms with Crippen molar-refractivity contribution >= 4 is 27.7 Å². The molecule has 0 aliphatic carbocycles. The Hall–Kier alpha value is -3.63. The van der Waals surface area contributed by atoms with Crippen LogP contribution in [-0.4, -0.2) is 26.0 Å². The van der Waals surface area contributed by atoms with Crippen LogP contribution in [0.2, 0.25) is 0 Å². The highest BCUT2D eigenvalue weighted by Gasteiger charge is 2.30. The van der Waals surface area contributed by atoms with E-state index in [0.717, 1.165) is 17.5 Å². The van der Waals surface area contributed by atoms with Crippen LogP contribution >= 0.6 is 0 Å². The van der Waals surface area contributed by atoms with Gasteiger partial charge in [-0.15, -0.1) is 0 Å². The predicted octanol–water partition coefficient (Wildman–Crippen LogP) is 4.58. The minimum Gasteiger partial charge on any atom is -0.387 e. The smallest absolute Gasteiger partial charge is 0.387 e. The van der Waals surface area contributed by atoms with Crippen molar-refractivity contribution < 1.29 is 31.5 Å². The number of amides is 1. The van der Waals surface area contributed by atoms with E-state index in [1.165, 1.54) is 42.5 Å². The minimum absolute atomic E-state index is 0.0171. The predicted molar refractivity (Wildman–Crippen MR) is 123 cm³/mol. The van der Waals surface area contributed by atoms with Crippen LogP contribution in [0.5, 0.6) is 0 Å². The van der Waals surface area contributed by atoms with Crippen LogP contribution < -0.4 is 10.0 Å². The van der Waals surface area contributed by atoms with Crippen LogP contribution in [0, 0.1) is 0 Å². The van der Waals surface area contributed by atoms with Crippen molar-refractivity contribution in [2.45, 2.75) is 12.3 Å². The largest absolute Gasteiger partial charge is 0.416 e. The lowest BCUT2D eigenvalue weighted by Crippen LogP contribution is -2.28. The van der Waals surface area contributed by atoms with Gasteiger partial charge in [-0.2, -0.15) is 13.2 Å². The molecule has 1 unspecified atom stereocenters. The molecule has 3 aromatic carbocycles. The third kappa shape index (κ3) is 7.19. The highest BCUT2D eigenvalue weighted by Crippen LogP contribution is 2.30. The summed E-state index contributed by atoms with van der Waals surface area (Å²) in [5.41, 5.74) is 0.250. The maximum atomic E-state index is 12.8. The fraction of sp³-hybridized carbons (Fsp3) is 0.125. The molecule has 10 heteroatoms. The summed E-state index contributed by atoms with van der Waals surface area (Å²) >= 11 is 0. The molecule has 0 aromatic heterocycles. The molecule has 178 valence electrons. The second-order valence-corrected chi connectivity index (χ2v) is 8.85. The maximum absolute atomic E-state index is 12.8. The number of nitrogens with one attached hydrogen (secondary N) is 2. The van der Waals surface area contributed by atoms with Crippen molar-refractivity contribution in [1.29, 1.82) is 0 Å². The SMILES string of the molecule is O=C(NCC(O)c1cccc(C(F)(F)F)c1)c1ccc(NS(=O)(=O)/C=C/c2ccccc2)cc1. The van der Waals surface area contributed by atoms with Crippen molar-refractivity contribution in [3.8, 4) is 0 Å². The summed E-state index contributed by atoms with van der Waals surface area (Å²) in [5.74, 6) is -0.579. The standard InChI is InChI=1S/C24H21F3N2O4S/c25-24(26,27)20-8-4-7-19(15-20)22(30)16-28-23(31)18-9-11-21(12-10-18)29-34(32,33)14-13-17-5-2-1-3-6-17/h1-15,22,29-30H,16H2,(H,28,31)/b14-13+. The Bertz CT molecular complexity index is 1260. The topological polar surface area (TPSA) is 95.5 Å². The van der Waals surface area contributed by atoms with E-state index in [1.807, 2.05) is 6.07 Å². The van der Waals surface area contributed by atoms with E-state index >= 15 is 0 Å². The number of aliphatic hydroxyl groups excluding tert-OH is 1. The lowest BCUT2D eigenvalue weighted by molar-refractivity contribution is -0.137. The van der Waals surface area contributed by atoms with Gasteiger partial charge in [0.25, 0.3) is 15.9 Å². The lowest BCUT2D eigenvalue weighted by Gasteiger charge is -2.14. The van der Waals surface area contributed by atoms with Gasteiger partial charge in [0, 0.05) is 17.8 Å². The maximum Gasteiger partial charge on any atom is 0.416 e. The van der Waals surface area contributed by atoms with E-state index in [1.54, 1.807) is 24.3 Å². The zero-order chi connectivity index (χ0) is 24.8. The van der Waals surface area contributed by atoms with Gasteiger partial charge in [0.15, 0.2) is 0 Å². The second-order valence-electron chi connectivity index (χ2n) is 7.29. The second kappa shape index (κ2) is 10.5. The first-order valence-corrected chi connectivity index (χ1v) is 11.6. The van der Waals surface area contributed by atoms with Crippen molar-refractivity contribution in [3.63, 3.8) is 0 Å². The molecule has 3 rings (SSSR count). The Balaban J connectivity index is 1.57. The van der Waals surface area contributed by atoms with Crippen LogP contribution in [0.3, 0.4) is 0 Å². The van der Waals surface area contributed by atoms with Crippen molar-refractivity contribution in [2.75, 3.05) is 11.3 Å². The zero-order valence-corrected chi connectivity index (χ0v) is 18.5. The molecule has 0 fully saturated rings. The Morgan fingerprint density at radius 1 is 0.971 bits per heavy atom. The van der Waals surface area contributed by atoms with Gasteiger partial charge in [0.05, 0.1) is 17.1 Å². The fourth-order valence-corrected chi connectivity index (χ4v) is 3.82. The fourth-order valence-electron chi connectivity index (χ4n) is 2.95. The number of hydrogen-bond acceptors (Lipinski definition) is 4. The number of carbonyl (C=O) groups is 1. The van der Waals surface area contributed by atoms with E-state index in [9.17, 15) is 31.5 Å². The number of benzene rings is 3. The first-order valence-electron chi connectivity index (χ1n) is 10.0. The number of aliphatic hydroxyl groups is 1. The third-order valence-corrected chi connectivity index (χ3v) is 5.72. The third-order valence-electron chi connectivity index (χ3n) is 4.70. The molecule has 0 spiro atoms. The van der Waals surface area contributed by atoms with Gasteiger partial charge in [0.2, 0.25) is 0 Å². The molecule has 0 radical (unpaired) electrons. The van der Waals surface area contributed by atoms with Gasteiger partial charge in [-0.3, -0.25) is 9.52 Å². The van der Waals surface area contributed by atoms with Crippen molar-refractivity contribution in [2.24, 2.45) is 0 Å². The average molecular weight is 491 g/mol. The summed E-state index contributed by atoms with van der Waals surface area (Å²) in [6.45, 7) is -0.307. The quantitative estimate of drug-likeness (QED) is 0.431. The van der Waals surface area contributed by atoms with Crippen LogP contribution in [0.25, 0.3) is 6.08 Å². The van der Waals surface area contributed by atoms with E-state index in [0.29, 0.717) is 5.56 Å². The average Bonchev–Trinajstić information content (AvgIpc) is 2.81. The summed E-state index contributed by atoms with van der Waals surface area (Å²) in [6, 6.07) is 18.7. The van der Waals surface area contributed by atoms with Crippen LogP contribution in [0.15, 0.2) is 84.3 Å². The van der Waals surface area contributed by atoms with Crippen molar-refractivity contribution in [1.82, 2.24) is 5.32 Å². The number of sulfonamides is 1. The van der Waals surface area contributed by atoms with E-state index < -0.39 is 33.8 Å². The van der Waals surface area contributed by atoms with Crippen LogP contribution in [0.4, 0.5) is 18.9 Å². The molecule has 34 heavy (non-hydrogen) atoms. The normalized spacial score (nSPS) is 12.9. The molecular formula is C24H21F3N2O4S. The minimum atomic E-state index is -4.54. The Labute approximate surface area is 194 Å². The van der Waals surface area contributed by atoms with Crippen LogP contribution in [-0.2, 0) is 16.2 Å². The molecule has 3 aromatic rings. The summed E-state index contributed by atoms with van der Waals surface area (Å²) in [5, 5.41) is 13.6. The number of alkyl halides is 3. The van der Waals surface area contributed by atoms with Gasteiger partial charge in [-0.1, -0.05) is 42.5 Å². The van der Waals surface area contributed by atoms with Crippen LogP contribution in [0.1, 0.15) is 33.2 Å². The number of halogens is 3. The van der Waals surface area contributed by atoms with Gasteiger partial charge in [0.1, 0.15) is 0 Å². The first kappa shape index (κ1) is 25.0. The van der Waals surface area contributed by atoms with Gasteiger partial charge >= 0.3 is 6.18 Å². The molecule has 0 aliphatic rings. The molecule has 1 atom stereocenters. The monoisotopic (exact) mass is 490 g/mol. The van der Waals surface area contributed by atoms with E-state index in [2.05, 4.69) is 10.0 Å².